The molecule has 0 aliphatic carbocycles. The summed E-state index contributed by atoms with van der Waals surface area (Å²) in [4.78, 5) is 0. The third-order valence-electron chi connectivity index (χ3n) is 1.37. The maximum atomic E-state index is 5.44. The van der Waals surface area contributed by atoms with E-state index < -0.39 is 9.76 Å². The smallest absolute Gasteiger partial charge is 0.216 e. The van der Waals surface area contributed by atoms with Crippen LogP contribution in [0.4, 0.5) is 0 Å². The van der Waals surface area contributed by atoms with Crippen LogP contribution in [0.25, 0.3) is 0 Å². The lowest BCUT2D eigenvalue weighted by atomic mass is 10.3. The van der Waals surface area contributed by atoms with Crippen LogP contribution in [0.15, 0.2) is 24.3 Å². The average molecular weight is 168 g/mol. The minimum Gasteiger partial charge on any atom is -0.547 e. The van der Waals surface area contributed by atoms with Gasteiger partial charge < -0.3 is 9.16 Å². The summed E-state index contributed by atoms with van der Waals surface area (Å²) < 4.78 is 10.5. The van der Waals surface area contributed by atoms with E-state index >= 15 is 0 Å². The highest BCUT2D eigenvalue weighted by molar-refractivity contribution is 6.26. The molecule has 1 aromatic rings. The number of ether oxygens (including phenoxy) is 1. The minimum absolute atomic E-state index is 0.395. The summed E-state index contributed by atoms with van der Waals surface area (Å²) in [5.74, 6) is 1.69. The first kappa shape index (κ1) is 8.14. The molecule has 1 aromatic carbocycles. The maximum Gasteiger partial charge on any atom is 0.216 e. The summed E-state index contributed by atoms with van der Waals surface area (Å²) in [5, 5.41) is 0. The Labute approximate surface area is 69.1 Å². The summed E-state index contributed by atoms with van der Waals surface area (Å²) in [6, 6.07) is 7.71. The summed E-state index contributed by atoms with van der Waals surface area (Å²) in [6.07, 6.45) is 0. The predicted octanol–water partition coefficient (Wildman–Crippen LogP) is 1.21. The Morgan fingerprint density at radius 2 is 1.82 bits per heavy atom. The number of para-hydroxylation sites is 2. The monoisotopic (exact) mass is 168 g/mol. The topological polar surface area (TPSA) is 18.5 Å². The molecule has 60 valence electrons. The van der Waals surface area contributed by atoms with Crippen LogP contribution in [0.3, 0.4) is 0 Å². The SMILES string of the molecule is COc1ccccc1O[SiH2]C. The van der Waals surface area contributed by atoms with E-state index in [4.69, 9.17) is 9.16 Å². The number of benzene rings is 1. The molecule has 0 radical (unpaired) electrons. The maximum absolute atomic E-state index is 5.44. The van der Waals surface area contributed by atoms with Gasteiger partial charge in [-0.05, 0) is 18.7 Å². The third kappa shape index (κ3) is 1.98. The van der Waals surface area contributed by atoms with Gasteiger partial charge in [-0.3, -0.25) is 0 Å². The molecule has 0 fully saturated rings. The highest BCUT2D eigenvalue weighted by Crippen LogP contribution is 2.24. The van der Waals surface area contributed by atoms with Crippen molar-refractivity contribution >= 4 is 9.76 Å². The van der Waals surface area contributed by atoms with E-state index in [9.17, 15) is 0 Å². The van der Waals surface area contributed by atoms with Gasteiger partial charge in [-0.2, -0.15) is 0 Å². The highest BCUT2D eigenvalue weighted by atomic mass is 28.2. The van der Waals surface area contributed by atoms with Crippen molar-refractivity contribution in [1.29, 1.82) is 0 Å². The summed E-state index contributed by atoms with van der Waals surface area (Å²) in [6.45, 7) is 2.09. The van der Waals surface area contributed by atoms with E-state index in [1.807, 2.05) is 24.3 Å². The van der Waals surface area contributed by atoms with Gasteiger partial charge in [0.05, 0.1) is 7.11 Å². The Kier molecular flexibility index (Phi) is 2.98. The van der Waals surface area contributed by atoms with Crippen molar-refractivity contribution < 1.29 is 9.16 Å². The second kappa shape index (κ2) is 4.03. The molecule has 0 aliphatic heterocycles. The fraction of sp³-hybridized carbons (Fsp3) is 0.250. The van der Waals surface area contributed by atoms with Crippen molar-refractivity contribution in [2.75, 3.05) is 7.11 Å². The summed E-state index contributed by atoms with van der Waals surface area (Å²) in [5.41, 5.74) is 0. The van der Waals surface area contributed by atoms with E-state index in [1.165, 1.54) is 0 Å². The van der Waals surface area contributed by atoms with Gasteiger partial charge in [-0.25, -0.2) is 0 Å². The van der Waals surface area contributed by atoms with Crippen LogP contribution < -0.4 is 9.16 Å². The van der Waals surface area contributed by atoms with E-state index in [1.54, 1.807) is 7.11 Å². The van der Waals surface area contributed by atoms with Gasteiger partial charge in [0, 0.05) is 0 Å². The molecule has 0 aliphatic rings. The summed E-state index contributed by atoms with van der Waals surface area (Å²) >= 11 is 0. The Bertz CT molecular complexity index is 225. The molecule has 0 spiro atoms. The molecule has 0 unspecified atom stereocenters. The number of hydrogen-bond acceptors (Lipinski definition) is 2. The second-order valence-corrected chi connectivity index (χ2v) is 2.95. The van der Waals surface area contributed by atoms with Crippen LogP contribution in [0, 0.1) is 0 Å². The van der Waals surface area contributed by atoms with Crippen LogP contribution in [-0.2, 0) is 0 Å². The van der Waals surface area contributed by atoms with E-state index in [0.29, 0.717) is 0 Å². The molecule has 2 nitrogen and oxygen atoms in total. The molecule has 0 aromatic heterocycles. The minimum atomic E-state index is -0.395. The van der Waals surface area contributed by atoms with Crippen LogP contribution in [0.1, 0.15) is 0 Å². The van der Waals surface area contributed by atoms with Crippen molar-refractivity contribution in [2.24, 2.45) is 0 Å². The van der Waals surface area contributed by atoms with Crippen LogP contribution >= 0.6 is 0 Å². The molecule has 11 heavy (non-hydrogen) atoms. The lowest BCUT2D eigenvalue weighted by Gasteiger charge is -2.07. The molecule has 3 heteroatoms. The van der Waals surface area contributed by atoms with Crippen LogP contribution in [0.2, 0.25) is 6.55 Å². The lowest BCUT2D eigenvalue weighted by molar-refractivity contribution is 0.396. The Morgan fingerprint density at radius 3 is 2.36 bits per heavy atom. The van der Waals surface area contributed by atoms with Gasteiger partial charge in [-0.15, -0.1) is 0 Å². The standard InChI is InChI=1S/C8H12O2Si/c1-9-7-5-3-4-6-8(7)10-11-2/h3-6H,11H2,1-2H3. The zero-order valence-electron chi connectivity index (χ0n) is 6.83. The van der Waals surface area contributed by atoms with Gasteiger partial charge in [0.25, 0.3) is 0 Å². The van der Waals surface area contributed by atoms with Gasteiger partial charge in [0.15, 0.2) is 5.75 Å². The van der Waals surface area contributed by atoms with E-state index in [0.717, 1.165) is 11.5 Å². The molecule has 0 amide bonds. The molecular formula is C8H12O2Si. The lowest BCUT2D eigenvalue weighted by Crippen LogP contribution is -1.97. The first-order chi connectivity index (χ1) is 5.38. The molecular weight excluding hydrogens is 156 g/mol. The zero-order chi connectivity index (χ0) is 8.10. The van der Waals surface area contributed by atoms with Crippen LogP contribution in [-0.4, -0.2) is 16.9 Å². The first-order valence-electron chi connectivity index (χ1n) is 3.64. The Balaban J connectivity index is 2.83. The average Bonchev–Trinajstić information content (AvgIpc) is 2.06. The molecule has 0 N–H and O–H groups in total. The van der Waals surface area contributed by atoms with Crippen LogP contribution in [0.5, 0.6) is 11.5 Å². The van der Waals surface area contributed by atoms with E-state index in [-0.39, 0.29) is 0 Å². The zero-order valence-corrected chi connectivity index (χ0v) is 8.25. The molecule has 0 saturated carbocycles. The van der Waals surface area contributed by atoms with Crippen molar-refractivity contribution in [2.45, 2.75) is 6.55 Å². The van der Waals surface area contributed by atoms with Crippen molar-refractivity contribution in [3.05, 3.63) is 24.3 Å². The largest absolute Gasteiger partial charge is 0.547 e. The third-order valence-corrected chi connectivity index (χ3v) is 1.97. The molecule has 0 atom stereocenters. The highest BCUT2D eigenvalue weighted by Gasteiger charge is 1.98. The Morgan fingerprint density at radius 1 is 1.18 bits per heavy atom. The Hall–Kier alpha value is -0.963. The van der Waals surface area contributed by atoms with Crippen molar-refractivity contribution in [3.63, 3.8) is 0 Å². The first-order valence-corrected chi connectivity index (χ1v) is 5.63. The molecule has 0 heterocycles. The fourth-order valence-electron chi connectivity index (χ4n) is 0.894. The number of hydrogen-bond donors (Lipinski definition) is 0. The van der Waals surface area contributed by atoms with Crippen molar-refractivity contribution in [3.8, 4) is 11.5 Å². The number of methoxy groups -OCH3 is 1. The molecule has 0 saturated heterocycles. The predicted molar refractivity (Wildman–Crippen MR) is 48.0 cm³/mol. The van der Waals surface area contributed by atoms with Gasteiger partial charge in [0.1, 0.15) is 5.75 Å². The van der Waals surface area contributed by atoms with Gasteiger partial charge in [0.2, 0.25) is 9.76 Å². The van der Waals surface area contributed by atoms with Crippen molar-refractivity contribution in [1.82, 2.24) is 0 Å². The fourth-order valence-corrected chi connectivity index (χ4v) is 1.44. The van der Waals surface area contributed by atoms with Gasteiger partial charge >= 0.3 is 0 Å². The number of rotatable bonds is 3. The molecule has 1 rings (SSSR count). The normalized spacial score (nSPS) is 10.4. The summed E-state index contributed by atoms with van der Waals surface area (Å²) in [7, 11) is 1.26. The van der Waals surface area contributed by atoms with Gasteiger partial charge in [-0.1, -0.05) is 12.1 Å². The van der Waals surface area contributed by atoms with E-state index in [2.05, 4.69) is 6.55 Å². The molecule has 0 bridgehead atoms. The second-order valence-electron chi connectivity index (χ2n) is 2.08. The quantitative estimate of drug-likeness (QED) is 0.631.